The number of nitrogens with zero attached hydrogens (tertiary/aromatic N) is 2. The number of esters is 1. The first-order chi connectivity index (χ1) is 14.7. The average Bonchev–Trinajstić information content (AvgIpc) is 3.11. The van der Waals surface area contributed by atoms with Crippen molar-refractivity contribution in [3.8, 4) is 0 Å². The fourth-order valence-electron chi connectivity index (χ4n) is 3.42. The van der Waals surface area contributed by atoms with Crippen LogP contribution >= 0.6 is 0 Å². The molecule has 0 aromatic heterocycles. The highest BCUT2D eigenvalue weighted by Crippen LogP contribution is 2.30. The molecular weight excluding hydrogens is 402 g/mol. The van der Waals surface area contributed by atoms with Gasteiger partial charge in [0.05, 0.1) is 10.8 Å². The van der Waals surface area contributed by atoms with Crippen LogP contribution < -0.4 is 10.2 Å². The summed E-state index contributed by atoms with van der Waals surface area (Å²) in [6.45, 7) is 5.41. The van der Waals surface area contributed by atoms with Gasteiger partial charge in [-0.1, -0.05) is 24.3 Å². The van der Waals surface area contributed by atoms with Gasteiger partial charge in [0.2, 0.25) is 5.91 Å². The lowest BCUT2D eigenvalue weighted by Crippen LogP contribution is -2.33. The van der Waals surface area contributed by atoms with E-state index in [0.29, 0.717) is 0 Å². The number of rotatable bonds is 6. The summed E-state index contributed by atoms with van der Waals surface area (Å²) in [6.07, 6.45) is -1.19. The van der Waals surface area contributed by atoms with Gasteiger partial charge in [-0.2, -0.15) is 0 Å². The van der Waals surface area contributed by atoms with Crippen LogP contribution in [0.25, 0.3) is 0 Å². The van der Waals surface area contributed by atoms with E-state index in [2.05, 4.69) is 5.32 Å². The van der Waals surface area contributed by atoms with Crippen molar-refractivity contribution in [2.75, 3.05) is 16.8 Å². The van der Waals surface area contributed by atoms with Gasteiger partial charge < -0.3 is 15.0 Å². The Bertz CT molecular complexity index is 1050. The Kier molecular flexibility index (Phi) is 6.33. The highest BCUT2D eigenvalue weighted by atomic mass is 16.6. The molecule has 0 aliphatic carbocycles. The number of ether oxygens (including phenoxy) is 1. The average molecular weight is 425 g/mol. The number of para-hydroxylation sites is 2. The largest absolute Gasteiger partial charge is 0.452 e. The Balaban J connectivity index is 1.64. The van der Waals surface area contributed by atoms with Crippen molar-refractivity contribution in [1.82, 2.24) is 0 Å². The van der Waals surface area contributed by atoms with Crippen LogP contribution in [-0.2, 0) is 19.1 Å². The van der Waals surface area contributed by atoms with Crippen LogP contribution in [0.1, 0.15) is 24.5 Å². The number of nitro benzene ring substituents is 1. The van der Waals surface area contributed by atoms with Crippen LogP contribution in [0.2, 0.25) is 0 Å². The predicted molar refractivity (Wildman–Crippen MR) is 114 cm³/mol. The van der Waals surface area contributed by atoms with Crippen LogP contribution in [0.5, 0.6) is 0 Å². The first kappa shape index (κ1) is 21.9. The van der Waals surface area contributed by atoms with E-state index < -0.39 is 28.8 Å². The van der Waals surface area contributed by atoms with Gasteiger partial charge in [0, 0.05) is 24.7 Å². The van der Waals surface area contributed by atoms with Crippen LogP contribution in [0.4, 0.5) is 17.1 Å². The molecule has 3 rings (SSSR count). The summed E-state index contributed by atoms with van der Waals surface area (Å²) in [6, 6.07) is 11.3. The highest BCUT2D eigenvalue weighted by molar-refractivity contribution is 6.01. The third-order valence-corrected chi connectivity index (χ3v) is 5.35. The zero-order chi connectivity index (χ0) is 22.7. The first-order valence-electron chi connectivity index (χ1n) is 9.80. The van der Waals surface area contributed by atoms with Crippen molar-refractivity contribution in [2.45, 2.75) is 33.3 Å². The molecule has 0 spiro atoms. The molecule has 1 saturated heterocycles. The molecule has 2 aromatic rings. The Morgan fingerprint density at radius 3 is 2.61 bits per heavy atom. The second-order valence-corrected chi connectivity index (χ2v) is 7.47. The summed E-state index contributed by atoms with van der Waals surface area (Å²) in [5, 5.41) is 13.5. The Labute approximate surface area is 179 Å². The van der Waals surface area contributed by atoms with Crippen molar-refractivity contribution in [3.63, 3.8) is 0 Å². The lowest BCUT2D eigenvalue weighted by Gasteiger charge is -2.20. The molecule has 1 fully saturated rings. The molecular formula is C22H23N3O6. The number of amides is 2. The summed E-state index contributed by atoms with van der Waals surface area (Å²) >= 11 is 0. The van der Waals surface area contributed by atoms with Gasteiger partial charge in [0.25, 0.3) is 11.6 Å². The normalized spacial score (nSPS) is 16.7. The van der Waals surface area contributed by atoms with Crippen molar-refractivity contribution in [1.29, 1.82) is 0 Å². The molecule has 9 heteroatoms. The molecule has 0 saturated carbocycles. The number of carbonyl (C=O) groups is 3. The summed E-state index contributed by atoms with van der Waals surface area (Å²) < 4.78 is 5.26. The first-order valence-corrected chi connectivity index (χ1v) is 9.80. The van der Waals surface area contributed by atoms with E-state index in [1.165, 1.54) is 25.1 Å². The molecule has 31 heavy (non-hydrogen) atoms. The topological polar surface area (TPSA) is 119 Å². The molecule has 0 radical (unpaired) electrons. The van der Waals surface area contributed by atoms with E-state index in [1.54, 1.807) is 11.0 Å². The van der Waals surface area contributed by atoms with E-state index in [0.717, 1.165) is 16.8 Å². The highest BCUT2D eigenvalue weighted by Gasteiger charge is 2.38. The van der Waals surface area contributed by atoms with E-state index in [9.17, 15) is 24.5 Å². The number of nitrogens with one attached hydrogen (secondary N) is 1. The number of aryl methyl sites for hydroxylation is 1. The maximum absolute atomic E-state index is 12.6. The fraction of sp³-hybridized carbons (Fsp3) is 0.318. The standard InChI is InChI=1S/C22H23N3O6/c1-13-7-6-10-18(14(13)2)24-12-16(11-20(24)26)22(28)31-15(3)21(27)23-17-8-4-5-9-19(17)25(29)30/h4-10,15-16H,11-12H2,1-3H3,(H,23,27)/t15-,16-/m0/s1. The van der Waals surface area contributed by atoms with Gasteiger partial charge in [-0.3, -0.25) is 24.5 Å². The minimum absolute atomic E-state index is 0.00921. The molecule has 1 aliphatic rings. The predicted octanol–water partition coefficient (Wildman–Crippen LogP) is 3.13. The molecule has 2 aromatic carbocycles. The van der Waals surface area contributed by atoms with E-state index in [-0.39, 0.29) is 30.2 Å². The number of hydrogen-bond acceptors (Lipinski definition) is 6. The van der Waals surface area contributed by atoms with Crippen LogP contribution in [0.3, 0.4) is 0 Å². The summed E-state index contributed by atoms with van der Waals surface area (Å²) in [7, 11) is 0. The molecule has 162 valence electrons. The van der Waals surface area contributed by atoms with Crippen molar-refractivity contribution in [3.05, 3.63) is 63.7 Å². The Hall–Kier alpha value is -3.75. The smallest absolute Gasteiger partial charge is 0.312 e. The number of benzene rings is 2. The van der Waals surface area contributed by atoms with Gasteiger partial charge in [-0.15, -0.1) is 0 Å². The van der Waals surface area contributed by atoms with Crippen molar-refractivity contribution >= 4 is 34.8 Å². The number of anilines is 2. The van der Waals surface area contributed by atoms with E-state index in [1.807, 2.05) is 32.0 Å². The summed E-state index contributed by atoms with van der Waals surface area (Å²) in [5.41, 5.74) is 2.50. The van der Waals surface area contributed by atoms with Gasteiger partial charge >= 0.3 is 5.97 Å². The minimum Gasteiger partial charge on any atom is -0.452 e. The van der Waals surface area contributed by atoms with Crippen LogP contribution in [0, 0.1) is 29.9 Å². The van der Waals surface area contributed by atoms with Crippen LogP contribution in [-0.4, -0.2) is 35.4 Å². The molecule has 1 heterocycles. The van der Waals surface area contributed by atoms with Gasteiger partial charge in [-0.05, 0) is 44.0 Å². The van der Waals surface area contributed by atoms with Crippen LogP contribution in [0.15, 0.2) is 42.5 Å². The lowest BCUT2D eigenvalue weighted by atomic mass is 10.1. The third kappa shape index (κ3) is 4.71. The Morgan fingerprint density at radius 2 is 1.90 bits per heavy atom. The van der Waals surface area contributed by atoms with Gasteiger partial charge in [-0.25, -0.2) is 0 Å². The fourth-order valence-corrected chi connectivity index (χ4v) is 3.42. The Morgan fingerprint density at radius 1 is 1.19 bits per heavy atom. The summed E-state index contributed by atoms with van der Waals surface area (Å²) in [5.74, 6) is -2.24. The summed E-state index contributed by atoms with van der Waals surface area (Å²) in [4.78, 5) is 49.5. The van der Waals surface area contributed by atoms with E-state index >= 15 is 0 Å². The van der Waals surface area contributed by atoms with Gasteiger partial charge in [0.1, 0.15) is 5.69 Å². The van der Waals surface area contributed by atoms with Crippen molar-refractivity contribution in [2.24, 2.45) is 5.92 Å². The maximum atomic E-state index is 12.6. The van der Waals surface area contributed by atoms with E-state index in [4.69, 9.17) is 4.74 Å². The minimum atomic E-state index is -1.18. The lowest BCUT2D eigenvalue weighted by molar-refractivity contribution is -0.383. The quantitative estimate of drug-likeness (QED) is 0.431. The molecule has 0 bridgehead atoms. The maximum Gasteiger partial charge on any atom is 0.312 e. The second kappa shape index (κ2) is 8.95. The number of nitro groups is 1. The molecule has 2 amide bonds. The SMILES string of the molecule is Cc1cccc(N2C[C@@H](C(=O)O[C@@H](C)C(=O)Nc3ccccc3[N+](=O)[O-])CC2=O)c1C. The van der Waals surface area contributed by atoms with Crippen molar-refractivity contribution < 1.29 is 24.0 Å². The third-order valence-electron chi connectivity index (χ3n) is 5.35. The molecule has 9 nitrogen and oxygen atoms in total. The zero-order valence-corrected chi connectivity index (χ0v) is 17.5. The second-order valence-electron chi connectivity index (χ2n) is 7.47. The molecule has 1 N–H and O–H groups in total. The molecule has 0 unspecified atom stereocenters. The molecule has 2 atom stereocenters. The zero-order valence-electron chi connectivity index (χ0n) is 17.5. The molecule has 1 aliphatic heterocycles. The monoisotopic (exact) mass is 425 g/mol. The van der Waals surface area contributed by atoms with Gasteiger partial charge in [0.15, 0.2) is 6.10 Å². The number of hydrogen-bond donors (Lipinski definition) is 1. The number of carbonyl (C=O) groups excluding carboxylic acids is 3.